The van der Waals surface area contributed by atoms with Gasteiger partial charge in [-0.05, 0) is 12.5 Å². The molecule has 3 aliphatic rings. The van der Waals surface area contributed by atoms with Crippen LogP contribution in [-0.4, -0.2) is 45.5 Å². The molecular formula is C19H21N3O2S. The molecule has 3 saturated heterocycles. The van der Waals surface area contributed by atoms with Gasteiger partial charge >= 0.3 is 0 Å². The first-order valence-electron chi connectivity index (χ1n) is 8.83. The maximum Gasteiger partial charge on any atom is 0.226 e. The standard InChI is InChI=1S/C19H21N3O2S/c1-13-16(25-12-20-13)11-21-8-7-19-17(21)9-18(23)22(19)10-15(24-19)14-5-3-2-4-6-14/h2-6,12,15,17H,7-11H2,1H3/t15-,17+,19-/m0/s1. The van der Waals surface area contributed by atoms with Gasteiger partial charge in [0.2, 0.25) is 5.91 Å². The number of hydrogen-bond acceptors (Lipinski definition) is 5. The summed E-state index contributed by atoms with van der Waals surface area (Å²) >= 11 is 1.70. The average Bonchev–Trinajstić information content (AvgIpc) is 3.34. The number of aromatic nitrogens is 1. The van der Waals surface area contributed by atoms with E-state index in [9.17, 15) is 4.79 Å². The molecule has 3 aliphatic heterocycles. The van der Waals surface area contributed by atoms with E-state index in [4.69, 9.17) is 4.74 Å². The van der Waals surface area contributed by atoms with Crippen LogP contribution in [0.1, 0.15) is 35.1 Å². The van der Waals surface area contributed by atoms with Crippen molar-refractivity contribution in [2.24, 2.45) is 0 Å². The summed E-state index contributed by atoms with van der Waals surface area (Å²) in [4.78, 5) is 22.7. The SMILES string of the molecule is Cc1ncsc1CN1CC[C@@]23O[C@H](c4ccccc4)CN2C(=O)C[C@@H]13. The molecule has 2 aromatic rings. The van der Waals surface area contributed by atoms with Gasteiger partial charge in [0.25, 0.3) is 0 Å². The zero-order chi connectivity index (χ0) is 17.0. The molecule has 6 heteroatoms. The number of carbonyl (C=O) groups is 1. The van der Waals surface area contributed by atoms with Gasteiger partial charge in [0.1, 0.15) is 6.10 Å². The molecule has 1 aromatic heterocycles. The summed E-state index contributed by atoms with van der Waals surface area (Å²) in [5.74, 6) is 0.231. The zero-order valence-electron chi connectivity index (χ0n) is 14.2. The van der Waals surface area contributed by atoms with Crippen LogP contribution in [0.15, 0.2) is 35.8 Å². The van der Waals surface area contributed by atoms with Crippen molar-refractivity contribution in [1.29, 1.82) is 0 Å². The highest BCUT2D eigenvalue weighted by Crippen LogP contribution is 2.51. The molecule has 5 nitrogen and oxygen atoms in total. The summed E-state index contributed by atoms with van der Waals surface area (Å²) in [6.07, 6.45) is 1.45. The second kappa shape index (κ2) is 5.62. The zero-order valence-corrected chi connectivity index (χ0v) is 15.0. The maximum atomic E-state index is 12.7. The summed E-state index contributed by atoms with van der Waals surface area (Å²) in [6, 6.07) is 10.4. The molecule has 25 heavy (non-hydrogen) atoms. The predicted molar refractivity (Wildman–Crippen MR) is 95.0 cm³/mol. The van der Waals surface area contributed by atoms with Crippen molar-refractivity contribution in [3.8, 4) is 0 Å². The second-order valence-corrected chi connectivity index (χ2v) is 8.11. The third-order valence-corrected chi connectivity index (χ3v) is 6.82. The lowest BCUT2D eigenvalue weighted by molar-refractivity contribution is -0.138. The fourth-order valence-electron chi connectivity index (χ4n) is 4.60. The van der Waals surface area contributed by atoms with Gasteiger partial charge < -0.3 is 9.64 Å². The van der Waals surface area contributed by atoms with Gasteiger partial charge in [-0.3, -0.25) is 9.69 Å². The molecule has 130 valence electrons. The highest BCUT2D eigenvalue weighted by atomic mass is 32.1. The van der Waals surface area contributed by atoms with E-state index in [1.807, 2.05) is 28.6 Å². The summed E-state index contributed by atoms with van der Waals surface area (Å²) < 4.78 is 6.58. The van der Waals surface area contributed by atoms with Crippen LogP contribution in [0.4, 0.5) is 0 Å². The van der Waals surface area contributed by atoms with Crippen LogP contribution in [0.25, 0.3) is 0 Å². The van der Waals surface area contributed by atoms with Crippen LogP contribution >= 0.6 is 11.3 Å². The number of amides is 1. The Bertz CT molecular complexity index is 808. The lowest BCUT2D eigenvalue weighted by Gasteiger charge is -2.32. The lowest BCUT2D eigenvalue weighted by atomic mass is 10.1. The lowest BCUT2D eigenvalue weighted by Crippen LogP contribution is -2.47. The molecule has 3 fully saturated rings. The molecule has 0 N–H and O–H groups in total. The molecule has 1 spiro atoms. The van der Waals surface area contributed by atoms with E-state index >= 15 is 0 Å². The van der Waals surface area contributed by atoms with E-state index in [-0.39, 0.29) is 18.1 Å². The Kier molecular flexibility index (Phi) is 3.48. The van der Waals surface area contributed by atoms with Crippen molar-refractivity contribution >= 4 is 17.2 Å². The van der Waals surface area contributed by atoms with Crippen LogP contribution in [0.5, 0.6) is 0 Å². The van der Waals surface area contributed by atoms with Gasteiger partial charge in [0.15, 0.2) is 5.72 Å². The fourth-order valence-corrected chi connectivity index (χ4v) is 5.40. The highest BCUT2D eigenvalue weighted by Gasteiger charge is 2.63. The van der Waals surface area contributed by atoms with Gasteiger partial charge in [-0.2, -0.15) is 0 Å². The molecule has 4 heterocycles. The number of aryl methyl sites for hydroxylation is 1. The third kappa shape index (κ3) is 2.28. The Balaban J connectivity index is 1.42. The fraction of sp³-hybridized carbons (Fsp3) is 0.474. The van der Waals surface area contributed by atoms with Crippen molar-refractivity contribution in [1.82, 2.24) is 14.8 Å². The largest absolute Gasteiger partial charge is 0.344 e. The molecule has 1 aromatic carbocycles. The Morgan fingerprint density at radius 3 is 2.96 bits per heavy atom. The highest BCUT2D eigenvalue weighted by molar-refractivity contribution is 7.09. The van der Waals surface area contributed by atoms with E-state index in [0.717, 1.165) is 30.8 Å². The summed E-state index contributed by atoms with van der Waals surface area (Å²) in [7, 11) is 0. The molecule has 3 atom stereocenters. The molecule has 0 radical (unpaired) electrons. The number of nitrogens with zero attached hydrogens (tertiary/aromatic N) is 3. The number of benzene rings is 1. The molecule has 5 rings (SSSR count). The quantitative estimate of drug-likeness (QED) is 0.849. The number of hydrogen-bond donors (Lipinski definition) is 0. The summed E-state index contributed by atoms with van der Waals surface area (Å²) in [5.41, 5.74) is 3.73. The first-order valence-corrected chi connectivity index (χ1v) is 9.71. The van der Waals surface area contributed by atoms with Gasteiger partial charge in [0, 0.05) is 30.8 Å². The number of carbonyl (C=O) groups excluding carboxylic acids is 1. The third-order valence-electron chi connectivity index (χ3n) is 5.90. The van der Waals surface area contributed by atoms with Crippen LogP contribution in [0.3, 0.4) is 0 Å². The van der Waals surface area contributed by atoms with Crippen LogP contribution in [0, 0.1) is 6.92 Å². The van der Waals surface area contributed by atoms with E-state index in [2.05, 4.69) is 28.9 Å². The topological polar surface area (TPSA) is 45.7 Å². The molecule has 0 aliphatic carbocycles. The van der Waals surface area contributed by atoms with Crippen molar-refractivity contribution in [2.75, 3.05) is 13.1 Å². The summed E-state index contributed by atoms with van der Waals surface area (Å²) in [6.45, 7) is 4.56. The Labute approximate surface area is 151 Å². The minimum Gasteiger partial charge on any atom is -0.344 e. The summed E-state index contributed by atoms with van der Waals surface area (Å²) in [5, 5.41) is 0. The Morgan fingerprint density at radius 1 is 1.36 bits per heavy atom. The minimum atomic E-state index is -0.434. The van der Waals surface area contributed by atoms with E-state index < -0.39 is 5.72 Å². The monoisotopic (exact) mass is 355 g/mol. The molecule has 1 amide bonds. The molecule has 0 saturated carbocycles. The van der Waals surface area contributed by atoms with Crippen molar-refractivity contribution in [3.63, 3.8) is 0 Å². The van der Waals surface area contributed by atoms with Gasteiger partial charge in [-0.25, -0.2) is 4.98 Å². The van der Waals surface area contributed by atoms with Crippen molar-refractivity contribution in [2.45, 2.75) is 44.2 Å². The molecule has 0 unspecified atom stereocenters. The number of rotatable bonds is 3. The van der Waals surface area contributed by atoms with E-state index in [1.165, 1.54) is 4.88 Å². The smallest absolute Gasteiger partial charge is 0.226 e. The van der Waals surface area contributed by atoms with E-state index in [1.54, 1.807) is 11.3 Å². The number of ether oxygens (including phenoxy) is 1. The normalized spacial score (nSPS) is 31.6. The Morgan fingerprint density at radius 2 is 2.20 bits per heavy atom. The first kappa shape index (κ1) is 15.5. The first-order chi connectivity index (χ1) is 12.2. The second-order valence-electron chi connectivity index (χ2n) is 7.17. The molecular weight excluding hydrogens is 334 g/mol. The van der Waals surface area contributed by atoms with Gasteiger partial charge in [-0.1, -0.05) is 30.3 Å². The maximum absolute atomic E-state index is 12.7. The van der Waals surface area contributed by atoms with Crippen molar-refractivity contribution < 1.29 is 9.53 Å². The van der Waals surface area contributed by atoms with E-state index in [0.29, 0.717) is 13.0 Å². The van der Waals surface area contributed by atoms with Gasteiger partial charge in [0.05, 0.1) is 23.8 Å². The number of thiazole rings is 1. The minimum absolute atomic E-state index is 0.0157. The van der Waals surface area contributed by atoms with Crippen LogP contribution in [0.2, 0.25) is 0 Å². The van der Waals surface area contributed by atoms with Crippen molar-refractivity contribution in [3.05, 3.63) is 52.0 Å². The van der Waals surface area contributed by atoms with Crippen LogP contribution < -0.4 is 0 Å². The van der Waals surface area contributed by atoms with Gasteiger partial charge in [-0.15, -0.1) is 11.3 Å². The predicted octanol–water partition coefficient (Wildman–Crippen LogP) is 2.73. The average molecular weight is 355 g/mol. The Hall–Kier alpha value is -1.76. The number of likely N-dealkylation sites (tertiary alicyclic amines) is 1. The van der Waals surface area contributed by atoms with Crippen LogP contribution in [-0.2, 0) is 16.1 Å². The molecule has 0 bridgehead atoms.